The van der Waals surface area contributed by atoms with Crippen LogP contribution in [0, 0.1) is 11.3 Å². The molecule has 22 heavy (non-hydrogen) atoms. The van der Waals surface area contributed by atoms with E-state index in [1.165, 1.54) is 0 Å². The predicted octanol–water partition coefficient (Wildman–Crippen LogP) is 1.86. The topological polar surface area (TPSA) is 111 Å². The van der Waals surface area contributed by atoms with Gasteiger partial charge in [-0.05, 0) is 6.92 Å². The monoisotopic (exact) mass is 298 g/mol. The fraction of sp³-hybridized carbons (Fsp3) is 0.200. The van der Waals surface area contributed by atoms with Crippen LogP contribution in [0.4, 0.5) is 5.82 Å². The van der Waals surface area contributed by atoms with Crippen LogP contribution < -0.4 is 5.73 Å². The molecule has 0 aliphatic heterocycles. The van der Waals surface area contributed by atoms with Gasteiger partial charge in [-0.1, -0.05) is 30.3 Å². The molecule has 7 heteroatoms. The quantitative estimate of drug-likeness (QED) is 0.862. The van der Waals surface area contributed by atoms with Crippen molar-refractivity contribution >= 4 is 17.7 Å². The number of nitriles is 1. The molecule has 7 nitrogen and oxygen atoms in total. The first-order valence-corrected chi connectivity index (χ1v) is 6.61. The molecule has 0 atom stereocenters. The van der Waals surface area contributed by atoms with E-state index in [0.717, 1.165) is 4.68 Å². The number of hydrogen-bond acceptors (Lipinski definition) is 6. The van der Waals surface area contributed by atoms with Gasteiger partial charge in [0.1, 0.15) is 23.5 Å². The average molecular weight is 298 g/mol. The molecule has 2 N–H and O–H groups in total. The van der Waals surface area contributed by atoms with Crippen molar-refractivity contribution in [1.29, 1.82) is 5.26 Å². The Kier molecular flexibility index (Phi) is 4.53. The molecule has 2 rings (SSSR count). The van der Waals surface area contributed by atoms with Crippen molar-refractivity contribution in [2.24, 2.45) is 0 Å². The van der Waals surface area contributed by atoms with Gasteiger partial charge >= 0.3 is 5.97 Å². The number of nitrogens with zero attached hydrogens (tertiary/aromatic N) is 3. The lowest BCUT2D eigenvalue weighted by Crippen LogP contribution is -2.15. The number of nitrogen functional groups attached to an aromatic ring is 1. The summed E-state index contributed by atoms with van der Waals surface area (Å²) in [5, 5.41) is 12.7. The van der Waals surface area contributed by atoms with E-state index in [9.17, 15) is 9.59 Å². The maximum atomic E-state index is 12.1. The van der Waals surface area contributed by atoms with Crippen LogP contribution in [0.15, 0.2) is 30.3 Å². The molecule has 0 aliphatic carbocycles. The highest BCUT2D eigenvalue weighted by Crippen LogP contribution is 2.28. The Morgan fingerprint density at radius 3 is 2.64 bits per heavy atom. The zero-order chi connectivity index (χ0) is 16.1. The molecule has 112 valence electrons. The van der Waals surface area contributed by atoms with Gasteiger partial charge in [0.05, 0.1) is 12.7 Å². The molecule has 0 amide bonds. The highest BCUT2D eigenvalue weighted by Gasteiger charge is 2.26. The number of benzene rings is 1. The number of rotatable bonds is 4. The fourth-order valence-corrected chi connectivity index (χ4v) is 1.97. The highest BCUT2D eigenvalue weighted by molar-refractivity contribution is 6.03. The van der Waals surface area contributed by atoms with Crippen molar-refractivity contribution in [3.05, 3.63) is 35.9 Å². The van der Waals surface area contributed by atoms with Crippen LogP contribution in [0.2, 0.25) is 0 Å². The van der Waals surface area contributed by atoms with Crippen LogP contribution in [-0.2, 0) is 4.74 Å². The maximum absolute atomic E-state index is 12.1. The summed E-state index contributed by atoms with van der Waals surface area (Å²) < 4.78 is 5.85. The molecule has 0 saturated carbocycles. The van der Waals surface area contributed by atoms with E-state index in [0.29, 0.717) is 5.56 Å². The highest BCUT2D eigenvalue weighted by atomic mass is 16.5. The third-order valence-electron chi connectivity index (χ3n) is 2.91. The lowest BCUT2D eigenvalue weighted by Gasteiger charge is -2.03. The zero-order valence-electron chi connectivity index (χ0n) is 11.9. The SMILES string of the molecule is CCOC(=O)c1c(-c2ccccc2)nn(C(=O)CC#N)c1N. The summed E-state index contributed by atoms with van der Waals surface area (Å²) in [7, 11) is 0. The summed E-state index contributed by atoms with van der Waals surface area (Å²) in [6.07, 6.45) is -0.387. The molecule has 0 fully saturated rings. The summed E-state index contributed by atoms with van der Waals surface area (Å²) in [5.41, 5.74) is 6.78. The Morgan fingerprint density at radius 1 is 1.36 bits per heavy atom. The van der Waals surface area contributed by atoms with E-state index in [4.69, 9.17) is 15.7 Å². The number of carbonyl (C=O) groups excluding carboxylic acids is 2. The van der Waals surface area contributed by atoms with Crippen molar-refractivity contribution in [3.63, 3.8) is 0 Å². The number of carbonyl (C=O) groups is 2. The molecule has 1 aromatic heterocycles. The van der Waals surface area contributed by atoms with E-state index >= 15 is 0 Å². The molecule has 0 spiro atoms. The van der Waals surface area contributed by atoms with Gasteiger partial charge in [0, 0.05) is 5.56 Å². The largest absolute Gasteiger partial charge is 0.462 e. The molecule has 0 unspecified atom stereocenters. The van der Waals surface area contributed by atoms with Crippen LogP contribution in [0.1, 0.15) is 28.5 Å². The Morgan fingerprint density at radius 2 is 2.05 bits per heavy atom. The third-order valence-corrected chi connectivity index (χ3v) is 2.91. The van der Waals surface area contributed by atoms with E-state index in [1.54, 1.807) is 37.3 Å². The molecule has 0 radical (unpaired) electrons. The van der Waals surface area contributed by atoms with Crippen molar-refractivity contribution in [2.75, 3.05) is 12.3 Å². The number of esters is 1. The van der Waals surface area contributed by atoms with Gasteiger partial charge in [0.25, 0.3) is 5.91 Å². The Bertz CT molecular complexity index is 744. The van der Waals surface area contributed by atoms with Crippen LogP contribution in [-0.4, -0.2) is 28.3 Å². The van der Waals surface area contributed by atoms with E-state index < -0.39 is 11.9 Å². The fourth-order valence-electron chi connectivity index (χ4n) is 1.97. The van der Waals surface area contributed by atoms with Gasteiger partial charge < -0.3 is 10.5 Å². The molecule has 0 aliphatic rings. The molecule has 1 heterocycles. The number of ether oxygens (including phenoxy) is 1. The average Bonchev–Trinajstić information content (AvgIpc) is 2.86. The maximum Gasteiger partial charge on any atom is 0.344 e. The third kappa shape index (κ3) is 2.81. The zero-order valence-corrected chi connectivity index (χ0v) is 11.9. The Balaban J connectivity index is 2.61. The summed E-state index contributed by atoms with van der Waals surface area (Å²) in [4.78, 5) is 24.0. The molecule has 1 aromatic carbocycles. The second kappa shape index (κ2) is 6.54. The van der Waals surface area contributed by atoms with Crippen LogP contribution in [0.3, 0.4) is 0 Å². The summed E-state index contributed by atoms with van der Waals surface area (Å²) in [6.45, 7) is 1.84. The van der Waals surface area contributed by atoms with E-state index in [2.05, 4.69) is 5.10 Å². The molecule has 2 aromatic rings. The van der Waals surface area contributed by atoms with Crippen LogP contribution >= 0.6 is 0 Å². The number of aromatic nitrogens is 2. The minimum atomic E-state index is -0.658. The second-order valence-electron chi connectivity index (χ2n) is 4.34. The van der Waals surface area contributed by atoms with Gasteiger partial charge in [-0.3, -0.25) is 4.79 Å². The number of anilines is 1. The lowest BCUT2D eigenvalue weighted by atomic mass is 10.1. The lowest BCUT2D eigenvalue weighted by molar-refractivity contribution is 0.0528. The van der Waals surface area contributed by atoms with E-state index in [1.807, 2.05) is 6.07 Å². The predicted molar refractivity (Wildman–Crippen MR) is 78.9 cm³/mol. The number of hydrogen-bond donors (Lipinski definition) is 1. The summed E-state index contributed by atoms with van der Waals surface area (Å²) in [6, 6.07) is 10.6. The first-order valence-electron chi connectivity index (χ1n) is 6.61. The van der Waals surface area contributed by atoms with Gasteiger partial charge in [-0.2, -0.15) is 15.0 Å². The minimum Gasteiger partial charge on any atom is -0.462 e. The summed E-state index contributed by atoms with van der Waals surface area (Å²) >= 11 is 0. The Hall–Kier alpha value is -3.14. The normalized spacial score (nSPS) is 10.0. The van der Waals surface area contributed by atoms with Crippen molar-refractivity contribution in [2.45, 2.75) is 13.3 Å². The molecule has 0 saturated heterocycles. The smallest absolute Gasteiger partial charge is 0.344 e. The minimum absolute atomic E-state index is 0.0272. The molecular formula is C15H14N4O3. The van der Waals surface area contributed by atoms with Gasteiger partial charge in [-0.15, -0.1) is 0 Å². The number of nitrogens with two attached hydrogens (primary N) is 1. The van der Waals surface area contributed by atoms with Gasteiger partial charge in [0.15, 0.2) is 0 Å². The van der Waals surface area contributed by atoms with Gasteiger partial charge in [0.2, 0.25) is 0 Å². The molecule has 0 bridgehead atoms. The van der Waals surface area contributed by atoms with Crippen molar-refractivity contribution in [3.8, 4) is 17.3 Å². The molecular weight excluding hydrogens is 284 g/mol. The second-order valence-corrected chi connectivity index (χ2v) is 4.34. The first-order chi connectivity index (χ1) is 10.6. The van der Waals surface area contributed by atoms with Crippen molar-refractivity contribution < 1.29 is 14.3 Å². The standard InChI is InChI=1S/C15H14N4O3/c1-2-22-15(21)12-13(10-6-4-3-5-7-10)18-19(14(12)17)11(20)8-9-16/h3-7H,2,8,17H2,1H3. The Labute approximate surface area is 126 Å². The van der Waals surface area contributed by atoms with E-state index in [-0.39, 0.29) is 30.1 Å². The summed E-state index contributed by atoms with van der Waals surface area (Å²) in [5.74, 6) is -1.39. The van der Waals surface area contributed by atoms with Crippen LogP contribution in [0.5, 0.6) is 0 Å². The van der Waals surface area contributed by atoms with Crippen molar-refractivity contribution in [1.82, 2.24) is 9.78 Å². The first kappa shape index (κ1) is 15.3. The van der Waals surface area contributed by atoms with Gasteiger partial charge in [-0.25, -0.2) is 4.79 Å². The van der Waals surface area contributed by atoms with Crippen LogP contribution in [0.25, 0.3) is 11.3 Å².